The summed E-state index contributed by atoms with van der Waals surface area (Å²) in [6, 6.07) is 0.565. The minimum absolute atomic E-state index is 0.441. The molecule has 100 valence electrons. The van der Waals surface area contributed by atoms with Crippen LogP contribution in [0, 0.1) is 5.92 Å². The quantitative estimate of drug-likeness (QED) is 0.774. The van der Waals surface area contributed by atoms with Crippen molar-refractivity contribution in [3.8, 4) is 0 Å². The Kier molecular flexibility index (Phi) is 4.45. The summed E-state index contributed by atoms with van der Waals surface area (Å²) in [4.78, 5) is 0. The average molecular weight is 241 g/mol. The summed E-state index contributed by atoms with van der Waals surface area (Å²) in [6.45, 7) is 5.92. The SMILES string of the molecule is CCOC1CC(NCC2(O)CCC(C)CC2)C1. The summed E-state index contributed by atoms with van der Waals surface area (Å²) in [7, 11) is 0. The number of hydrogen-bond acceptors (Lipinski definition) is 3. The molecule has 0 bridgehead atoms. The van der Waals surface area contributed by atoms with Crippen molar-refractivity contribution in [1.82, 2.24) is 5.32 Å². The van der Waals surface area contributed by atoms with Gasteiger partial charge >= 0.3 is 0 Å². The van der Waals surface area contributed by atoms with Crippen LogP contribution in [-0.4, -0.2) is 36.0 Å². The number of nitrogens with one attached hydrogen (secondary N) is 1. The fourth-order valence-electron chi connectivity index (χ4n) is 2.91. The summed E-state index contributed by atoms with van der Waals surface area (Å²) in [6.07, 6.45) is 6.94. The topological polar surface area (TPSA) is 41.5 Å². The van der Waals surface area contributed by atoms with Gasteiger partial charge in [-0.15, -0.1) is 0 Å². The molecule has 0 radical (unpaired) electrons. The summed E-state index contributed by atoms with van der Waals surface area (Å²) in [5.74, 6) is 0.793. The van der Waals surface area contributed by atoms with Crippen LogP contribution in [0.15, 0.2) is 0 Å². The molecule has 3 nitrogen and oxygen atoms in total. The van der Waals surface area contributed by atoms with Crippen LogP contribution in [0.25, 0.3) is 0 Å². The molecule has 2 N–H and O–H groups in total. The molecule has 0 spiro atoms. The van der Waals surface area contributed by atoms with Crippen molar-refractivity contribution in [2.45, 2.75) is 70.1 Å². The van der Waals surface area contributed by atoms with E-state index in [1.807, 2.05) is 6.92 Å². The molecule has 0 atom stereocenters. The molecule has 0 heterocycles. The third kappa shape index (κ3) is 3.67. The first-order valence-electron chi connectivity index (χ1n) is 7.18. The van der Waals surface area contributed by atoms with Gasteiger partial charge in [-0.05, 0) is 51.4 Å². The molecular weight excluding hydrogens is 214 g/mol. The van der Waals surface area contributed by atoms with E-state index in [9.17, 15) is 5.11 Å². The second-order valence-electron chi connectivity index (χ2n) is 6.03. The maximum Gasteiger partial charge on any atom is 0.0771 e. The van der Waals surface area contributed by atoms with Crippen molar-refractivity contribution in [3.63, 3.8) is 0 Å². The number of rotatable bonds is 5. The first-order valence-corrected chi connectivity index (χ1v) is 7.18. The second kappa shape index (κ2) is 5.68. The minimum Gasteiger partial charge on any atom is -0.389 e. The van der Waals surface area contributed by atoms with Crippen LogP contribution in [0.4, 0.5) is 0 Å². The average Bonchev–Trinajstić information content (AvgIpc) is 2.26. The van der Waals surface area contributed by atoms with E-state index >= 15 is 0 Å². The molecule has 0 aromatic carbocycles. The molecule has 2 saturated carbocycles. The standard InChI is InChI=1S/C14H27NO2/c1-3-17-13-8-12(9-13)15-10-14(16)6-4-11(2)5-7-14/h11-13,15-16H,3-10H2,1-2H3. The molecule has 0 saturated heterocycles. The van der Waals surface area contributed by atoms with Crippen LogP contribution in [0.5, 0.6) is 0 Å². The molecule has 2 aliphatic rings. The van der Waals surface area contributed by atoms with E-state index in [4.69, 9.17) is 4.74 Å². The lowest BCUT2D eigenvalue weighted by Crippen LogP contribution is -2.52. The lowest BCUT2D eigenvalue weighted by Gasteiger charge is -2.40. The number of ether oxygens (including phenoxy) is 1. The predicted octanol–water partition coefficient (Wildman–Crippen LogP) is 2.08. The van der Waals surface area contributed by atoms with Gasteiger partial charge in [0, 0.05) is 19.2 Å². The highest BCUT2D eigenvalue weighted by molar-refractivity contribution is 4.91. The zero-order chi connectivity index (χ0) is 12.3. The predicted molar refractivity (Wildman–Crippen MR) is 69.0 cm³/mol. The summed E-state index contributed by atoms with van der Waals surface area (Å²) >= 11 is 0. The van der Waals surface area contributed by atoms with Gasteiger partial charge < -0.3 is 15.2 Å². The molecule has 0 aromatic heterocycles. The Bertz CT molecular complexity index is 230. The maximum atomic E-state index is 10.4. The molecule has 0 unspecified atom stereocenters. The van der Waals surface area contributed by atoms with E-state index in [1.54, 1.807) is 0 Å². The Morgan fingerprint density at radius 2 is 1.94 bits per heavy atom. The van der Waals surface area contributed by atoms with Crippen LogP contribution < -0.4 is 5.32 Å². The van der Waals surface area contributed by atoms with Crippen LogP contribution in [-0.2, 0) is 4.74 Å². The van der Waals surface area contributed by atoms with Crippen molar-refractivity contribution in [3.05, 3.63) is 0 Å². The third-order valence-electron chi connectivity index (χ3n) is 4.42. The van der Waals surface area contributed by atoms with Crippen LogP contribution >= 0.6 is 0 Å². The summed E-state index contributed by atoms with van der Waals surface area (Å²) in [5.41, 5.74) is -0.441. The smallest absolute Gasteiger partial charge is 0.0771 e. The summed E-state index contributed by atoms with van der Waals surface area (Å²) < 4.78 is 5.54. The largest absolute Gasteiger partial charge is 0.389 e. The van der Waals surface area contributed by atoms with E-state index in [1.165, 1.54) is 12.8 Å². The van der Waals surface area contributed by atoms with Crippen molar-refractivity contribution >= 4 is 0 Å². The van der Waals surface area contributed by atoms with E-state index in [2.05, 4.69) is 12.2 Å². The lowest BCUT2D eigenvalue weighted by atomic mass is 9.79. The van der Waals surface area contributed by atoms with E-state index in [0.29, 0.717) is 12.1 Å². The summed E-state index contributed by atoms with van der Waals surface area (Å²) in [5, 5.41) is 13.9. The Morgan fingerprint density at radius 3 is 2.53 bits per heavy atom. The van der Waals surface area contributed by atoms with Crippen molar-refractivity contribution < 1.29 is 9.84 Å². The highest BCUT2D eigenvalue weighted by Gasteiger charge is 2.35. The van der Waals surface area contributed by atoms with E-state index < -0.39 is 5.60 Å². The Morgan fingerprint density at radius 1 is 1.29 bits per heavy atom. The van der Waals surface area contributed by atoms with Gasteiger partial charge in [0.15, 0.2) is 0 Å². The number of hydrogen-bond donors (Lipinski definition) is 2. The van der Waals surface area contributed by atoms with Gasteiger partial charge in [0.1, 0.15) is 0 Å². The van der Waals surface area contributed by atoms with Crippen LogP contribution in [0.2, 0.25) is 0 Å². The van der Waals surface area contributed by atoms with Crippen molar-refractivity contribution in [2.75, 3.05) is 13.2 Å². The molecule has 17 heavy (non-hydrogen) atoms. The first kappa shape index (κ1) is 13.3. The van der Waals surface area contributed by atoms with Gasteiger partial charge in [-0.1, -0.05) is 6.92 Å². The molecule has 0 amide bonds. The number of aliphatic hydroxyl groups is 1. The van der Waals surface area contributed by atoms with Gasteiger partial charge in [-0.3, -0.25) is 0 Å². The fraction of sp³-hybridized carbons (Fsp3) is 1.00. The van der Waals surface area contributed by atoms with Gasteiger partial charge in [0.05, 0.1) is 11.7 Å². The van der Waals surface area contributed by atoms with Crippen molar-refractivity contribution in [2.24, 2.45) is 5.92 Å². The van der Waals surface area contributed by atoms with Gasteiger partial charge in [-0.25, -0.2) is 0 Å². The van der Waals surface area contributed by atoms with Gasteiger partial charge in [0.2, 0.25) is 0 Å². The second-order valence-corrected chi connectivity index (χ2v) is 6.03. The molecular formula is C14H27NO2. The maximum absolute atomic E-state index is 10.4. The Labute approximate surface area is 105 Å². The molecule has 3 heteroatoms. The molecule has 0 aliphatic heterocycles. The van der Waals surface area contributed by atoms with Crippen molar-refractivity contribution in [1.29, 1.82) is 0 Å². The van der Waals surface area contributed by atoms with Crippen LogP contribution in [0.1, 0.15) is 52.4 Å². The highest BCUT2D eigenvalue weighted by atomic mass is 16.5. The fourth-order valence-corrected chi connectivity index (χ4v) is 2.91. The zero-order valence-corrected chi connectivity index (χ0v) is 11.2. The zero-order valence-electron chi connectivity index (χ0n) is 11.2. The third-order valence-corrected chi connectivity index (χ3v) is 4.42. The van der Waals surface area contributed by atoms with Gasteiger partial charge in [0.25, 0.3) is 0 Å². The molecule has 2 rings (SSSR count). The Balaban J connectivity index is 1.62. The monoisotopic (exact) mass is 241 g/mol. The normalized spacial score (nSPS) is 42.2. The molecule has 0 aromatic rings. The van der Waals surface area contributed by atoms with E-state index in [0.717, 1.165) is 44.8 Å². The molecule has 2 fully saturated rings. The van der Waals surface area contributed by atoms with E-state index in [-0.39, 0.29) is 0 Å². The minimum atomic E-state index is -0.441. The Hall–Kier alpha value is -0.120. The highest BCUT2D eigenvalue weighted by Crippen LogP contribution is 2.32. The first-order chi connectivity index (χ1) is 8.11. The lowest BCUT2D eigenvalue weighted by molar-refractivity contribution is -0.0336. The van der Waals surface area contributed by atoms with Crippen LogP contribution in [0.3, 0.4) is 0 Å². The molecule has 2 aliphatic carbocycles. The van der Waals surface area contributed by atoms with Gasteiger partial charge in [-0.2, -0.15) is 0 Å².